The number of halogens is 4. The van der Waals surface area contributed by atoms with E-state index in [1.54, 1.807) is 0 Å². The van der Waals surface area contributed by atoms with Crippen LogP contribution in [0.4, 0.5) is 22.4 Å². The molecule has 2 fully saturated rings. The van der Waals surface area contributed by atoms with Crippen molar-refractivity contribution in [2.24, 2.45) is 0 Å². The van der Waals surface area contributed by atoms with Gasteiger partial charge in [-0.3, -0.25) is 4.79 Å². The van der Waals surface area contributed by atoms with Crippen molar-refractivity contribution < 1.29 is 36.6 Å². The molecule has 148 valence electrons. The standard InChI is InChI=1S/C17H18F4N2O4/c18-14-5-11(17(19,20)21)2-1-10(14)8-26-13-6-23(7-13)16(25)27-9-12-3-4-15(24)22-12/h1-2,5,12-13H,3-4,6-9H2,(H,22,24)/t12-/m0/s1. The molecule has 2 saturated heterocycles. The van der Waals surface area contributed by atoms with Crippen molar-refractivity contribution >= 4 is 12.0 Å². The molecule has 27 heavy (non-hydrogen) atoms. The van der Waals surface area contributed by atoms with Gasteiger partial charge in [-0.1, -0.05) is 6.07 Å². The minimum atomic E-state index is -4.60. The summed E-state index contributed by atoms with van der Waals surface area (Å²) in [6.07, 6.45) is -4.43. The van der Waals surface area contributed by atoms with Crippen molar-refractivity contribution in [1.29, 1.82) is 0 Å². The fraction of sp³-hybridized carbons (Fsp3) is 0.529. The monoisotopic (exact) mass is 390 g/mol. The number of amides is 2. The third-order valence-corrected chi connectivity index (χ3v) is 4.45. The summed E-state index contributed by atoms with van der Waals surface area (Å²) >= 11 is 0. The Kier molecular flexibility index (Phi) is 5.54. The summed E-state index contributed by atoms with van der Waals surface area (Å²) in [5, 5.41) is 2.68. The maximum atomic E-state index is 13.7. The highest BCUT2D eigenvalue weighted by molar-refractivity contribution is 5.78. The van der Waals surface area contributed by atoms with Gasteiger partial charge in [0.15, 0.2) is 0 Å². The van der Waals surface area contributed by atoms with Crippen molar-refractivity contribution in [2.45, 2.75) is 37.8 Å². The van der Waals surface area contributed by atoms with E-state index in [4.69, 9.17) is 9.47 Å². The van der Waals surface area contributed by atoms with Crippen LogP contribution >= 0.6 is 0 Å². The molecule has 1 atom stereocenters. The van der Waals surface area contributed by atoms with Crippen LogP contribution in [-0.2, 0) is 27.1 Å². The fourth-order valence-electron chi connectivity index (χ4n) is 2.81. The molecule has 0 bridgehead atoms. The van der Waals surface area contributed by atoms with Crippen molar-refractivity contribution in [3.05, 3.63) is 35.1 Å². The van der Waals surface area contributed by atoms with Gasteiger partial charge in [0.2, 0.25) is 5.91 Å². The van der Waals surface area contributed by atoms with E-state index >= 15 is 0 Å². The predicted octanol–water partition coefficient (Wildman–Crippen LogP) is 2.46. The summed E-state index contributed by atoms with van der Waals surface area (Å²) in [4.78, 5) is 24.3. The summed E-state index contributed by atoms with van der Waals surface area (Å²) in [6.45, 7) is 0.408. The van der Waals surface area contributed by atoms with Crippen molar-refractivity contribution in [1.82, 2.24) is 10.2 Å². The Labute approximate surface area is 152 Å². The predicted molar refractivity (Wildman–Crippen MR) is 84.1 cm³/mol. The van der Waals surface area contributed by atoms with E-state index in [2.05, 4.69) is 5.32 Å². The molecular weight excluding hydrogens is 372 g/mol. The van der Waals surface area contributed by atoms with Gasteiger partial charge in [0.1, 0.15) is 12.4 Å². The van der Waals surface area contributed by atoms with Crippen LogP contribution < -0.4 is 5.32 Å². The largest absolute Gasteiger partial charge is 0.447 e. The van der Waals surface area contributed by atoms with Crippen LogP contribution in [0.3, 0.4) is 0 Å². The van der Waals surface area contributed by atoms with Gasteiger partial charge in [0.05, 0.1) is 37.4 Å². The molecule has 0 spiro atoms. The Hall–Kier alpha value is -2.36. The molecule has 0 radical (unpaired) electrons. The number of benzene rings is 1. The van der Waals surface area contributed by atoms with Crippen LogP contribution in [0.2, 0.25) is 0 Å². The maximum absolute atomic E-state index is 13.7. The average molecular weight is 390 g/mol. The lowest BCUT2D eigenvalue weighted by Gasteiger charge is -2.38. The summed E-state index contributed by atoms with van der Waals surface area (Å²) in [7, 11) is 0. The average Bonchev–Trinajstić information content (AvgIpc) is 2.97. The minimum Gasteiger partial charge on any atom is -0.447 e. The van der Waals surface area contributed by atoms with Gasteiger partial charge in [0, 0.05) is 12.0 Å². The number of rotatable bonds is 5. The number of alkyl halides is 3. The van der Waals surface area contributed by atoms with Gasteiger partial charge in [-0.2, -0.15) is 13.2 Å². The Bertz CT molecular complexity index is 719. The summed E-state index contributed by atoms with van der Waals surface area (Å²) in [5.74, 6) is -1.05. The molecule has 2 amide bonds. The highest BCUT2D eigenvalue weighted by Crippen LogP contribution is 2.30. The highest BCUT2D eigenvalue weighted by atomic mass is 19.4. The zero-order chi connectivity index (χ0) is 19.6. The third kappa shape index (κ3) is 4.88. The second-order valence-corrected chi connectivity index (χ2v) is 6.52. The summed E-state index contributed by atoms with van der Waals surface area (Å²) in [5.41, 5.74) is -1.04. The number of carbonyl (C=O) groups excluding carboxylic acids is 2. The topological polar surface area (TPSA) is 67.9 Å². The molecule has 0 saturated carbocycles. The molecule has 2 aliphatic heterocycles. The van der Waals surface area contributed by atoms with Gasteiger partial charge >= 0.3 is 12.3 Å². The zero-order valence-corrected chi connectivity index (χ0v) is 14.2. The second-order valence-electron chi connectivity index (χ2n) is 6.52. The molecule has 1 aromatic carbocycles. The van der Waals surface area contributed by atoms with Gasteiger partial charge < -0.3 is 19.7 Å². The maximum Gasteiger partial charge on any atom is 0.416 e. The molecule has 1 aromatic rings. The van der Waals surface area contributed by atoms with E-state index in [9.17, 15) is 27.2 Å². The van der Waals surface area contributed by atoms with Crippen molar-refractivity contribution in [2.75, 3.05) is 19.7 Å². The first-order valence-electron chi connectivity index (χ1n) is 8.40. The smallest absolute Gasteiger partial charge is 0.416 e. The lowest BCUT2D eigenvalue weighted by Crippen LogP contribution is -2.55. The van der Waals surface area contributed by atoms with E-state index in [1.165, 1.54) is 4.90 Å². The number of carbonyl (C=O) groups is 2. The molecule has 10 heteroatoms. The number of hydrogen-bond acceptors (Lipinski definition) is 4. The number of likely N-dealkylation sites (tertiary alicyclic amines) is 1. The van der Waals surface area contributed by atoms with E-state index in [0.717, 1.165) is 12.1 Å². The number of ether oxygens (including phenoxy) is 2. The third-order valence-electron chi connectivity index (χ3n) is 4.45. The normalized spacial score (nSPS) is 20.4. The fourth-order valence-corrected chi connectivity index (χ4v) is 2.81. The van der Waals surface area contributed by atoms with Crippen LogP contribution in [0, 0.1) is 5.82 Å². The molecular formula is C17H18F4N2O4. The SMILES string of the molecule is O=C1CC[C@@H](COC(=O)N2CC(OCc3ccc(C(F)(F)F)cc3F)C2)N1. The molecule has 0 aromatic heterocycles. The first-order valence-corrected chi connectivity index (χ1v) is 8.40. The molecule has 6 nitrogen and oxygen atoms in total. The van der Waals surface area contributed by atoms with Crippen molar-refractivity contribution in [3.63, 3.8) is 0 Å². The van der Waals surface area contributed by atoms with Crippen molar-refractivity contribution in [3.8, 4) is 0 Å². The van der Waals surface area contributed by atoms with E-state index in [0.29, 0.717) is 18.9 Å². The quantitative estimate of drug-likeness (QED) is 0.785. The van der Waals surface area contributed by atoms with Gasteiger partial charge in [0.25, 0.3) is 0 Å². The molecule has 2 heterocycles. The Balaban J connectivity index is 1.38. The van der Waals surface area contributed by atoms with Gasteiger partial charge in [-0.05, 0) is 18.6 Å². The van der Waals surface area contributed by atoms with Crippen LogP contribution in [0.5, 0.6) is 0 Å². The van der Waals surface area contributed by atoms with E-state index in [1.807, 2.05) is 0 Å². The molecule has 0 unspecified atom stereocenters. The zero-order valence-electron chi connectivity index (χ0n) is 14.2. The van der Waals surface area contributed by atoms with Gasteiger partial charge in [-0.25, -0.2) is 9.18 Å². The summed E-state index contributed by atoms with van der Waals surface area (Å²) < 4.78 is 61.8. The molecule has 0 aliphatic carbocycles. The lowest BCUT2D eigenvalue weighted by atomic mass is 10.1. The first-order chi connectivity index (χ1) is 12.7. The van der Waals surface area contributed by atoms with Crippen LogP contribution in [0.15, 0.2) is 18.2 Å². The number of nitrogens with one attached hydrogen (secondary N) is 1. The lowest BCUT2D eigenvalue weighted by molar-refractivity contribution is -0.137. The first kappa shape index (κ1) is 19.4. The van der Waals surface area contributed by atoms with Gasteiger partial charge in [-0.15, -0.1) is 0 Å². The Morgan fingerprint density at radius 3 is 2.63 bits per heavy atom. The number of hydrogen-bond donors (Lipinski definition) is 1. The van der Waals surface area contributed by atoms with E-state index in [-0.39, 0.29) is 49.9 Å². The Morgan fingerprint density at radius 1 is 1.30 bits per heavy atom. The van der Waals surface area contributed by atoms with E-state index < -0.39 is 23.7 Å². The Morgan fingerprint density at radius 2 is 2.04 bits per heavy atom. The second kappa shape index (κ2) is 7.71. The summed E-state index contributed by atoms with van der Waals surface area (Å²) in [6, 6.07) is 2.11. The minimum absolute atomic E-state index is 0.0148. The number of nitrogens with zero attached hydrogens (tertiary/aromatic N) is 1. The van der Waals surface area contributed by atoms with Crippen LogP contribution in [0.1, 0.15) is 24.0 Å². The highest BCUT2D eigenvalue weighted by Gasteiger charge is 2.34. The molecule has 1 N–H and O–H groups in total. The van der Waals surface area contributed by atoms with Crippen LogP contribution in [-0.4, -0.2) is 48.7 Å². The molecule has 3 rings (SSSR count). The molecule has 2 aliphatic rings. The van der Waals surface area contributed by atoms with Crippen LogP contribution in [0.25, 0.3) is 0 Å².